The molecule has 3 rings (SSSR count). The molecule has 0 saturated heterocycles. The van der Waals surface area contributed by atoms with Crippen molar-refractivity contribution in [2.45, 2.75) is 0 Å². The van der Waals surface area contributed by atoms with Crippen LogP contribution in [0.25, 0.3) is 10.8 Å². The first-order valence-electron chi connectivity index (χ1n) is 5.14. The van der Waals surface area contributed by atoms with Gasteiger partial charge in [0.1, 0.15) is 0 Å². The highest BCUT2D eigenvalue weighted by molar-refractivity contribution is 6.07. The van der Waals surface area contributed by atoms with Gasteiger partial charge >= 0.3 is 0 Å². The smallest absolute Gasteiger partial charge is 0.279 e. The molecule has 7 heteroatoms. The second-order valence-electron chi connectivity index (χ2n) is 3.72. The first-order valence-corrected chi connectivity index (χ1v) is 5.14. The minimum Gasteiger partial charge on any atom is -0.858 e. The summed E-state index contributed by atoms with van der Waals surface area (Å²) in [6.07, 6.45) is 3.15. The Morgan fingerprint density at radius 1 is 1.22 bits per heavy atom. The zero-order chi connectivity index (χ0) is 12.7. The van der Waals surface area contributed by atoms with Gasteiger partial charge in [0.25, 0.3) is 5.69 Å². The van der Waals surface area contributed by atoms with Crippen molar-refractivity contribution in [2.24, 2.45) is 0 Å². The fourth-order valence-corrected chi connectivity index (χ4v) is 1.96. The number of non-ortho nitro benzene ring substituents is 1. The Bertz CT molecular complexity index is 696. The number of aromatic nitrogens is 1. The predicted molar refractivity (Wildman–Crippen MR) is 64.2 cm³/mol. The summed E-state index contributed by atoms with van der Waals surface area (Å²) in [5.74, 6) is -0.193. The molecule has 0 atom stereocenters. The fourth-order valence-electron chi connectivity index (χ4n) is 1.96. The molecule has 0 aliphatic carbocycles. The molecule has 18 heavy (non-hydrogen) atoms. The average molecular weight is 243 g/mol. The molecular weight excluding hydrogens is 236 g/mol. The molecule has 0 amide bonds. The minimum absolute atomic E-state index is 0.118. The second-order valence-corrected chi connectivity index (χ2v) is 3.72. The van der Waals surface area contributed by atoms with Crippen LogP contribution in [0.2, 0.25) is 0 Å². The number of rotatable bonds is 1. The monoisotopic (exact) mass is 243 g/mol. The van der Waals surface area contributed by atoms with Crippen molar-refractivity contribution in [1.29, 1.82) is 0 Å². The van der Waals surface area contributed by atoms with Crippen molar-refractivity contribution in [1.82, 2.24) is 4.98 Å². The Hall–Kier alpha value is -2.83. The predicted octanol–water partition coefficient (Wildman–Crippen LogP) is 1.53. The van der Waals surface area contributed by atoms with E-state index >= 15 is 0 Å². The Kier molecular flexibility index (Phi) is 2.06. The van der Waals surface area contributed by atoms with Gasteiger partial charge in [-0.05, 0) is 5.88 Å². The lowest BCUT2D eigenvalue weighted by Gasteiger charge is -2.19. The highest BCUT2D eigenvalue weighted by atomic mass is 16.6. The summed E-state index contributed by atoms with van der Waals surface area (Å²) >= 11 is 0. The summed E-state index contributed by atoms with van der Waals surface area (Å²) in [4.78, 5) is 14.4. The Morgan fingerprint density at radius 3 is 2.78 bits per heavy atom. The van der Waals surface area contributed by atoms with Crippen molar-refractivity contribution < 1.29 is 10.0 Å². The summed E-state index contributed by atoms with van der Waals surface area (Å²) in [6, 6.07) is 4.36. The van der Waals surface area contributed by atoms with Gasteiger partial charge in [-0.25, -0.2) is 4.98 Å². The highest BCUT2D eigenvalue weighted by Gasteiger charge is 2.20. The highest BCUT2D eigenvalue weighted by Crippen LogP contribution is 2.40. The number of nitrogens with one attached hydrogen (secondary N) is 2. The maximum absolute atomic E-state index is 11.8. The molecule has 0 saturated carbocycles. The van der Waals surface area contributed by atoms with Gasteiger partial charge in [-0.1, -0.05) is 12.1 Å². The SMILES string of the molecule is O=[N+]([O-])c1cccc2c([O-])nc3c(c12)NC=CN3. The topological polar surface area (TPSA) is 103 Å². The zero-order valence-electron chi connectivity index (χ0n) is 9.01. The van der Waals surface area contributed by atoms with Gasteiger partial charge < -0.3 is 15.7 Å². The lowest BCUT2D eigenvalue weighted by atomic mass is 10.1. The maximum atomic E-state index is 11.8. The zero-order valence-corrected chi connectivity index (χ0v) is 9.01. The Balaban J connectivity index is 2.47. The largest absolute Gasteiger partial charge is 0.858 e. The number of hydrogen-bond donors (Lipinski definition) is 2. The Labute approximate surface area is 101 Å². The van der Waals surface area contributed by atoms with Gasteiger partial charge in [0.2, 0.25) is 0 Å². The van der Waals surface area contributed by atoms with E-state index in [-0.39, 0.29) is 16.5 Å². The average Bonchev–Trinajstić information content (AvgIpc) is 2.38. The van der Waals surface area contributed by atoms with E-state index in [4.69, 9.17) is 0 Å². The van der Waals surface area contributed by atoms with Gasteiger partial charge in [0.05, 0.1) is 16.0 Å². The summed E-state index contributed by atoms with van der Waals surface area (Å²) in [5, 5.41) is 29.0. The quantitative estimate of drug-likeness (QED) is 0.581. The third-order valence-electron chi connectivity index (χ3n) is 2.70. The van der Waals surface area contributed by atoms with E-state index < -0.39 is 10.8 Å². The van der Waals surface area contributed by atoms with Crippen LogP contribution >= 0.6 is 0 Å². The number of nitro benzene ring substituents is 1. The van der Waals surface area contributed by atoms with E-state index in [9.17, 15) is 15.2 Å². The maximum Gasteiger partial charge on any atom is 0.279 e. The molecule has 2 heterocycles. The van der Waals surface area contributed by atoms with Crippen LogP contribution in [-0.4, -0.2) is 9.91 Å². The van der Waals surface area contributed by atoms with E-state index in [1.54, 1.807) is 12.4 Å². The third kappa shape index (κ3) is 1.34. The van der Waals surface area contributed by atoms with Crippen molar-refractivity contribution in [3.8, 4) is 5.88 Å². The summed E-state index contributed by atoms with van der Waals surface area (Å²) in [5.41, 5.74) is 0.326. The number of anilines is 2. The van der Waals surface area contributed by atoms with Crippen LogP contribution in [0.15, 0.2) is 30.6 Å². The lowest BCUT2D eigenvalue weighted by molar-refractivity contribution is -0.383. The van der Waals surface area contributed by atoms with Crippen LogP contribution < -0.4 is 15.7 Å². The van der Waals surface area contributed by atoms with Crippen LogP contribution in [0.1, 0.15) is 0 Å². The molecule has 0 bridgehead atoms. The summed E-state index contributed by atoms with van der Waals surface area (Å²) in [7, 11) is 0. The van der Waals surface area contributed by atoms with Crippen LogP contribution in [0.5, 0.6) is 5.88 Å². The number of fused-ring (bicyclic) bond motifs is 3. The van der Waals surface area contributed by atoms with E-state index in [2.05, 4.69) is 15.6 Å². The van der Waals surface area contributed by atoms with Crippen molar-refractivity contribution in [2.75, 3.05) is 10.6 Å². The van der Waals surface area contributed by atoms with Gasteiger partial charge in [-0.15, -0.1) is 0 Å². The molecule has 7 nitrogen and oxygen atoms in total. The van der Waals surface area contributed by atoms with E-state index in [1.165, 1.54) is 18.2 Å². The standard InChI is InChI=1S/C11H8N4O3/c16-11-6-2-1-3-7(15(17)18)8(6)9-10(14-11)13-5-4-12-9/h1-5,12H,(H2,13,14,16)/p-1. The first kappa shape index (κ1) is 10.3. The van der Waals surface area contributed by atoms with E-state index in [0.29, 0.717) is 11.5 Å². The molecular formula is C11H7N4O3-. The van der Waals surface area contributed by atoms with Gasteiger partial charge in [-0.2, -0.15) is 0 Å². The number of benzene rings is 1. The van der Waals surface area contributed by atoms with Crippen LogP contribution in [0.3, 0.4) is 0 Å². The van der Waals surface area contributed by atoms with Crippen molar-refractivity contribution in [3.63, 3.8) is 0 Å². The third-order valence-corrected chi connectivity index (χ3v) is 2.70. The normalized spacial score (nSPS) is 12.7. The van der Waals surface area contributed by atoms with Gasteiger partial charge in [-0.3, -0.25) is 10.1 Å². The van der Waals surface area contributed by atoms with Gasteiger partial charge in [0.15, 0.2) is 5.82 Å². The molecule has 0 fully saturated rings. The molecule has 0 unspecified atom stereocenters. The lowest BCUT2D eigenvalue weighted by Crippen LogP contribution is -2.08. The number of hydrogen-bond acceptors (Lipinski definition) is 6. The van der Waals surface area contributed by atoms with Crippen LogP contribution in [-0.2, 0) is 0 Å². The van der Waals surface area contributed by atoms with Crippen LogP contribution in [0.4, 0.5) is 17.2 Å². The van der Waals surface area contributed by atoms with E-state index in [1.807, 2.05) is 0 Å². The summed E-state index contributed by atoms with van der Waals surface area (Å²) < 4.78 is 0. The number of nitro groups is 1. The first-order chi connectivity index (χ1) is 8.68. The minimum atomic E-state index is -0.512. The molecule has 1 aliphatic heterocycles. The second kappa shape index (κ2) is 3.59. The summed E-state index contributed by atoms with van der Waals surface area (Å²) in [6.45, 7) is 0. The number of nitrogens with zero attached hydrogens (tertiary/aromatic N) is 2. The fraction of sp³-hybridized carbons (Fsp3) is 0. The van der Waals surface area contributed by atoms with Crippen molar-refractivity contribution >= 4 is 28.0 Å². The van der Waals surface area contributed by atoms with Crippen molar-refractivity contribution in [3.05, 3.63) is 40.7 Å². The molecule has 1 aromatic carbocycles. The molecule has 2 N–H and O–H groups in total. The van der Waals surface area contributed by atoms with E-state index in [0.717, 1.165) is 0 Å². The molecule has 0 radical (unpaired) electrons. The Morgan fingerprint density at radius 2 is 2.00 bits per heavy atom. The molecule has 2 aromatic rings. The van der Waals surface area contributed by atoms with Crippen LogP contribution in [0, 0.1) is 10.1 Å². The molecule has 1 aromatic heterocycles. The number of pyridine rings is 1. The van der Waals surface area contributed by atoms with Gasteiger partial charge in [0, 0.05) is 23.9 Å². The molecule has 90 valence electrons. The molecule has 1 aliphatic rings. The molecule has 0 spiro atoms.